The normalized spacial score (nSPS) is 31.9. The van der Waals surface area contributed by atoms with E-state index in [0.29, 0.717) is 6.61 Å². The van der Waals surface area contributed by atoms with Gasteiger partial charge < -0.3 is 15.2 Å². The van der Waals surface area contributed by atoms with Crippen molar-refractivity contribution in [1.82, 2.24) is 5.32 Å². The molecule has 0 aliphatic carbocycles. The summed E-state index contributed by atoms with van der Waals surface area (Å²) in [5.41, 5.74) is -0.589. The zero-order valence-corrected chi connectivity index (χ0v) is 8.39. The first-order valence-electron chi connectivity index (χ1n) is 4.44. The summed E-state index contributed by atoms with van der Waals surface area (Å²) in [5.74, 6) is -0.782. The molecule has 2 N–H and O–H groups in total. The first-order chi connectivity index (χ1) is 5.89. The van der Waals surface area contributed by atoms with Crippen molar-refractivity contribution in [3.8, 4) is 0 Å². The summed E-state index contributed by atoms with van der Waals surface area (Å²) in [7, 11) is 1.79. The van der Waals surface area contributed by atoms with Gasteiger partial charge in [0.15, 0.2) is 0 Å². The van der Waals surface area contributed by atoms with Crippen LogP contribution in [0.1, 0.15) is 26.7 Å². The Bertz CT molecular complexity index is 215. The van der Waals surface area contributed by atoms with E-state index in [1.807, 2.05) is 13.8 Å². The molecule has 1 aliphatic rings. The van der Waals surface area contributed by atoms with Crippen molar-refractivity contribution in [3.05, 3.63) is 0 Å². The van der Waals surface area contributed by atoms with E-state index in [9.17, 15) is 4.79 Å². The quantitative estimate of drug-likeness (QED) is 0.680. The number of likely N-dealkylation sites (N-methyl/N-ethyl adjacent to an activating group) is 1. The van der Waals surface area contributed by atoms with E-state index in [4.69, 9.17) is 9.84 Å². The van der Waals surface area contributed by atoms with Crippen molar-refractivity contribution >= 4 is 5.97 Å². The van der Waals surface area contributed by atoms with Crippen LogP contribution >= 0.6 is 0 Å². The zero-order chi connectivity index (χ0) is 10.1. The number of carboxylic acids is 1. The monoisotopic (exact) mass is 187 g/mol. The molecule has 0 bridgehead atoms. The Hall–Kier alpha value is -0.610. The van der Waals surface area contributed by atoms with Crippen LogP contribution in [0.4, 0.5) is 0 Å². The Morgan fingerprint density at radius 1 is 1.62 bits per heavy atom. The molecule has 1 rings (SSSR count). The molecule has 0 aromatic heterocycles. The van der Waals surface area contributed by atoms with Crippen LogP contribution in [-0.4, -0.2) is 35.9 Å². The summed E-state index contributed by atoms with van der Waals surface area (Å²) in [4.78, 5) is 10.6. The molecule has 0 amide bonds. The van der Waals surface area contributed by atoms with Crippen LogP contribution in [0, 0.1) is 0 Å². The zero-order valence-electron chi connectivity index (χ0n) is 8.39. The maximum Gasteiger partial charge on any atom is 0.305 e. The van der Waals surface area contributed by atoms with Crippen LogP contribution in [0.2, 0.25) is 0 Å². The topological polar surface area (TPSA) is 58.6 Å². The molecule has 0 saturated carbocycles. The van der Waals surface area contributed by atoms with Gasteiger partial charge in [-0.05, 0) is 27.3 Å². The Kier molecular flexibility index (Phi) is 2.63. The Morgan fingerprint density at radius 2 is 2.23 bits per heavy atom. The number of hydrogen-bond donors (Lipinski definition) is 2. The number of rotatable bonds is 3. The van der Waals surface area contributed by atoms with Crippen LogP contribution in [0.5, 0.6) is 0 Å². The summed E-state index contributed by atoms with van der Waals surface area (Å²) < 4.78 is 5.52. The summed E-state index contributed by atoms with van der Waals surface area (Å²) in [6.07, 6.45) is 0.857. The second-order valence-electron chi connectivity index (χ2n) is 4.33. The SMILES string of the molecule is CNC1(CC(=O)O)COC(C)(C)C1. The third kappa shape index (κ3) is 2.42. The average Bonchev–Trinajstić information content (AvgIpc) is 2.26. The minimum Gasteiger partial charge on any atom is -0.481 e. The van der Waals surface area contributed by atoms with Crippen molar-refractivity contribution in [1.29, 1.82) is 0 Å². The van der Waals surface area contributed by atoms with E-state index in [0.717, 1.165) is 6.42 Å². The Morgan fingerprint density at radius 3 is 2.54 bits per heavy atom. The maximum absolute atomic E-state index is 10.6. The molecule has 1 fully saturated rings. The maximum atomic E-state index is 10.6. The lowest BCUT2D eigenvalue weighted by molar-refractivity contribution is -0.138. The molecule has 1 atom stereocenters. The minimum absolute atomic E-state index is 0.118. The number of hydrogen-bond acceptors (Lipinski definition) is 3. The molecule has 1 saturated heterocycles. The Labute approximate surface area is 78.3 Å². The fraction of sp³-hybridized carbons (Fsp3) is 0.889. The van der Waals surface area contributed by atoms with E-state index in [1.54, 1.807) is 7.05 Å². The molecule has 76 valence electrons. The highest BCUT2D eigenvalue weighted by molar-refractivity contribution is 5.68. The predicted octanol–water partition coefficient (Wildman–Crippen LogP) is 0.618. The number of carboxylic acid groups (broad SMARTS) is 1. The second-order valence-corrected chi connectivity index (χ2v) is 4.33. The largest absolute Gasteiger partial charge is 0.481 e. The standard InChI is InChI=1S/C9H17NO3/c1-8(2)5-9(10-3,6-13-8)4-7(11)12/h10H,4-6H2,1-3H3,(H,11,12). The lowest BCUT2D eigenvalue weighted by Gasteiger charge is -2.26. The van der Waals surface area contributed by atoms with E-state index in [1.165, 1.54) is 0 Å². The third-order valence-corrected chi connectivity index (χ3v) is 2.52. The van der Waals surface area contributed by atoms with Crippen LogP contribution in [0.25, 0.3) is 0 Å². The number of aliphatic carboxylic acids is 1. The van der Waals surface area contributed by atoms with Crippen molar-refractivity contribution in [3.63, 3.8) is 0 Å². The molecule has 4 nitrogen and oxygen atoms in total. The van der Waals surface area contributed by atoms with E-state index in [-0.39, 0.29) is 17.6 Å². The molecule has 4 heteroatoms. The van der Waals surface area contributed by atoms with Crippen LogP contribution < -0.4 is 5.32 Å². The fourth-order valence-corrected chi connectivity index (χ4v) is 1.90. The van der Waals surface area contributed by atoms with Gasteiger partial charge in [0.05, 0.1) is 24.2 Å². The van der Waals surface area contributed by atoms with Gasteiger partial charge in [-0.25, -0.2) is 0 Å². The Balaban J connectivity index is 2.68. The van der Waals surface area contributed by atoms with Gasteiger partial charge >= 0.3 is 5.97 Å². The molecule has 0 spiro atoms. The highest BCUT2D eigenvalue weighted by Crippen LogP contribution is 2.34. The molecule has 13 heavy (non-hydrogen) atoms. The fourth-order valence-electron chi connectivity index (χ4n) is 1.90. The molecular formula is C9H17NO3. The summed E-state index contributed by atoms with van der Waals surface area (Å²) in [6, 6.07) is 0. The van der Waals surface area contributed by atoms with Crippen molar-refractivity contribution < 1.29 is 14.6 Å². The number of carbonyl (C=O) groups is 1. The van der Waals surface area contributed by atoms with Gasteiger partial charge in [-0.2, -0.15) is 0 Å². The number of nitrogens with one attached hydrogen (secondary N) is 1. The first-order valence-corrected chi connectivity index (χ1v) is 4.44. The smallest absolute Gasteiger partial charge is 0.305 e. The highest BCUT2D eigenvalue weighted by atomic mass is 16.5. The van der Waals surface area contributed by atoms with E-state index >= 15 is 0 Å². The van der Waals surface area contributed by atoms with Gasteiger partial charge in [0, 0.05) is 0 Å². The minimum atomic E-state index is -0.782. The number of ether oxygens (including phenoxy) is 1. The van der Waals surface area contributed by atoms with Gasteiger partial charge in [0.1, 0.15) is 0 Å². The van der Waals surface area contributed by atoms with Crippen LogP contribution in [-0.2, 0) is 9.53 Å². The van der Waals surface area contributed by atoms with Gasteiger partial charge in [-0.15, -0.1) is 0 Å². The van der Waals surface area contributed by atoms with Crippen LogP contribution in [0.15, 0.2) is 0 Å². The third-order valence-electron chi connectivity index (χ3n) is 2.52. The molecule has 1 unspecified atom stereocenters. The van der Waals surface area contributed by atoms with Crippen molar-refractivity contribution in [2.24, 2.45) is 0 Å². The van der Waals surface area contributed by atoms with Gasteiger partial charge in [0.2, 0.25) is 0 Å². The van der Waals surface area contributed by atoms with Gasteiger partial charge in [0.25, 0.3) is 0 Å². The van der Waals surface area contributed by atoms with E-state index in [2.05, 4.69) is 5.32 Å². The van der Waals surface area contributed by atoms with Crippen molar-refractivity contribution in [2.75, 3.05) is 13.7 Å². The van der Waals surface area contributed by atoms with Crippen LogP contribution in [0.3, 0.4) is 0 Å². The highest BCUT2D eigenvalue weighted by Gasteiger charge is 2.44. The van der Waals surface area contributed by atoms with Gasteiger partial charge in [-0.1, -0.05) is 0 Å². The predicted molar refractivity (Wildman–Crippen MR) is 48.7 cm³/mol. The van der Waals surface area contributed by atoms with Crippen molar-refractivity contribution in [2.45, 2.75) is 37.8 Å². The molecule has 0 radical (unpaired) electrons. The molecular weight excluding hydrogens is 170 g/mol. The summed E-state index contributed by atoms with van der Waals surface area (Å²) in [5, 5.41) is 11.8. The lowest BCUT2D eigenvalue weighted by Crippen LogP contribution is -2.46. The first kappa shape index (κ1) is 10.5. The molecule has 0 aromatic carbocycles. The average molecular weight is 187 g/mol. The molecule has 0 aromatic rings. The summed E-state index contributed by atoms with van der Waals surface area (Å²) >= 11 is 0. The summed E-state index contributed by atoms with van der Waals surface area (Å²) in [6.45, 7) is 4.44. The van der Waals surface area contributed by atoms with E-state index < -0.39 is 5.97 Å². The second kappa shape index (κ2) is 3.27. The van der Waals surface area contributed by atoms with Gasteiger partial charge in [-0.3, -0.25) is 4.79 Å². The molecule has 1 heterocycles. The lowest BCUT2D eigenvalue weighted by atomic mass is 9.88. The molecule has 1 aliphatic heterocycles.